The zero-order chi connectivity index (χ0) is 9.90. The van der Waals surface area contributed by atoms with Gasteiger partial charge >= 0.3 is 0 Å². The van der Waals surface area contributed by atoms with Gasteiger partial charge in [-0.25, -0.2) is 8.78 Å². The van der Waals surface area contributed by atoms with E-state index in [-0.39, 0.29) is 5.56 Å². The van der Waals surface area contributed by atoms with E-state index in [9.17, 15) is 8.78 Å². The van der Waals surface area contributed by atoms with Crippen molar-refractivity contribution in [3.05, 3.63) is 35.4 Å². The van der Waals surface area contributed by atoms with E-state index in [1.165, 1.54) is 6.07 Å². The fourth-order valence-electron chi connectivity index (χ4n) is 1.29. The molecule has 0 aliphatic rings. The van der Waals surface area contributed by atoms with Crippen molar-refractivity contribution in [3.63, 3.8) is 0 Å². The molecule has 0 aromatic heterocycles. The Labute approximate surface area is 76.8 Å². The lowest BCUT2D eigenvalue weighted by molar-refractivity contribution is 0.0165. The number of nitrogens with one attached hydrogen (secondary N) is 1. The molecule has 0 aliphatic carbocycles. The van der Waals surface area contributed by atoms with Crippen LogP contribution in [0.1, 0.15) is 18.1 Å². The largest absolute Gasteiger partial charge is 0.316 e. The van der Waals surface area contributed by atoms with Gasteiger partial charge in [0, 0.05) is 19.0 Å². The summed E-state index contributed by atoms with van der Waals surface area (Å²) < 4.78 is 26.0. The molecule has 0 radical (unpaired) electrons. The Balaban J connectivity index is 3.05. The Hall–Kier alpha value is -0.960. The van der Waals surface area contributed by atoms with Crippen molar-refractivity contribution in [2.45, 2.75) is 19.4 Å². The van der Waals surface area contributed by atoms with E-state index in [1.54, 1.807) is 25.2 Å². The second kappa shape index (κ2) is 3.83. The van der Waals surface area contributed by atoms with Crippen LogP contribution in [0.25, 0.3) is 0 Å². The number of alkyl halides is 2. The molecule has 0 saturated carbocycles. The van der Waals surface area contributed by atoms with Crippen LogP contribution >= 0.6 is 0 Å². The SMILES string of the molecule is CNCc1ccccc1C(C)(F)F. The Morgan fingerprint density at radius 1 is 1.31 bits per heavy atom. The van der Waals surface area contributed by atoms with Gasteiger partial charge in [-0.05, 0) is 12.6 Å². The highest BCUT2D eigenvalue weighted by atomic mass is 19.3. The van der Waals surface area contributed by atoms with Crippen LogP contribution in [0.2, 0.25) is 0 Å². The normalized spacial score (nSPS) is 11.7. The lowest BCUT2D eigenvalue weighted by atomic mass is 10.0. The number of hydrogen-bond donors (Lipinski definition) is 1. The van der Waals surface area contributed by atoms with Crippen LogP contribution in [0.3, 0.4) is 0 Å². The Morgan fingerprint density at radius 3 is 2.46 bits per heavy atom. The topological polar surface area (TPSA) is 12.0 Å². The first kappa shape index (κ1) is 10.1. The van der Waals surface area contributed by atoms with Gasteiger partial charge in [-0.1, -0.05) is 24.3 Å². The van der Waals surface area contributed by atoms with E-state index >= 15 is 0 Å². The number of rotatable bonds is 3. The van der Waals surface area contributed by atoms with Crippen LogP contribution < -0.4 is 5.32 Å². The van der Waals surface area contributed by atoms with Crippen molar-refractivity contribution < 1.29 is 8.78 Å². The maximum atomic E-state index is 13.0. The predicted molar refractivity (Wildman–Crippen MR) is 48.8 cm³/mol. The average Bonchev–Trinajstić information content (AvgIpc) is 2.04. The molecule has 0 unspecified atom stereocenters. The zero-order valence-electron chi connectivity index (χ0n) is 7.77. The molecule has 0 fully saturated rings. The molecular weight excluding hydrogens is 172 g/mol. The second-order valence-corrected chi connectivity index (χ2v) is 3.08. The lowest BCUT2D eigenvalue weighted by Crippen LogP contribution is -2.14. The standard InChI is InChI=1S/C10H13F2N/c1-10(11,12)9-6-4-3-5-8(9)7-13-2/h3-6,13H,7H2,1-2H3. The van der Waals surface area contributed by atoms with Crippen LogP contribution in [-0.4, -0.2) is 7.05 Å². The van der Waals surface area contributed by atoms with Crippen LogP contribution in [0.15, 0.2) is 24.3 Å². The summed E-state index contributed by atoms with van der Waals surface area (Å²) in [5, 5.41) is 2.86. The Bertz CT molecular complexity index is 278. The molecule has 1 N–H and O–H groups in total. The van der Waals surface area contributed by atoms with Crippen molar-refractivity contribution in [3.8, 4) is 0 Å². The summed E-state index contributed by atoms with van der Waals surface area (Å²) >= 11 is 0. The lowest BCUT2D eigenvalue weighted by Gasteiger charge is -2.15. The van der Waals surface area contributed by atoms with E-state index < -0.39 is 5.92 Å². The molecule has 1 aromatic rings. The van der Waals surface area contributed by atoms with E-state index in [2.05, 4.69) is 5.32 Å². The van der Waals surface area contributed by atoms with Crippen LogP contribution in [0, 0.1) is 0 Å². The first-order chi connectivity index (χ1) is 6.05. The third-order valence-corrected chi connectivity index (χ3v) is 1.86. The second-order valence-electron chi connectivity index (χ2n) is 3.08. The van der Waals surface area contributed by atoms with E-state index in [4.69, 9.17) is 0 Å². The highest BCUT2D eigenvalue weighted by molar-refractivity contribution is 5.30. The van der Waals surface area contributed by atoms with Gasteiger partial charge in [0.1, 0.15) is 0 Å². The molecule has 0 heterocycles. The van der Waals surface area contributed by atoms with Gasteiger partial charge in [-0.2, -0.15) is 0 Å². The van der Waals surface area contributed by atoms with Gasteiger partial charge in [0.25, 0.3) is 5.92 Å². The van der Waals surface area contributed by atoms with E-state index in [0.717, 1.165) is 6.92 Å². The molecule has 1 nitrogen and oxygen atoms in total. The van der Waals surface area contributed by atoms with Gasteiger partial charge in [0.05, 0.1) is 0 Å². The van der Waals surface area contributed by atoms with Crippen molar-refractivity contribution >= 4 is 0 Å². The molecule has 0 saturated heterocycles. The van der Waals surface area contributed by atoms with Crippen molar-refractivity contribution in [1.29, 1.82) is 0 Å². The number of halogens is 2. The van der Waals surface area contributed by atoms with Gasteiger partial charge in [0.15, 0.2) is 0 Å². The quantitative estimate of drug-likeness (QED) is 0.763. The predicted octanol–water partition coefficient (Wildman–Crippen LogP) is 2.52. The van der Waals surface area contributed by atoms with Crippen LogP contribution in [0.5, 0.6) is 0 Å². The van der Waals surface area contributed by atoms with Gasteiger partial charge < -0.3 is 5.32 Å². The summed E-state index contributed by atoms with van der Waals surface area (Å²) in [5.41, 5.74) is 0.752. The van der Waals surface area contributed by atoms with Gasteiger partial charge in [-0.3, -0.25) is 0 Å². The Morgan fingerprint density at radius 2 is 1.92 bits per heavy atom. The molecule has 0 atom stereocenters. The van der Waals surface area contributed by atoms with Crippen molar-refractivity contribution in [2.75, 3.05) is 7.05 Å². The summed E-state index contributed by atoms with van der Waals surface area (Å²) in [6.45, 7) is 1.39. The molecule has 3 heteroatoms. The first-order valence-corrected chi connectivity index (χ1v) is 4.16. The van der Waals surface area contributed by atoms with Gasteiger partial charge in [0.2, 0.25) is 0 Å². The molecule has 0 amide bonds. The third kappa shape index (κ3) is 2.49. The fraction of sp³-hybridized carbons (Fsp3) is 0.400. The first-order valence-electron chi connectivity index (χ1n) is 4.16. The maximum absolute atomic E-state index is 13.0. The third-order valence-electron chi connectivity index (χ3n) is 1.86. The molecule has 0 aliphatic heterocycles. The Kier molecular flexibility index (Phi) is 2.98. The smallest absolute Gasteiger partial charge is 0.270 e. The van der Waals surface area contributed by atoms with E-state index in [0.29, 0.717) is 12.1 Å². The van der Waals surface area contributed by atoms with Crippen molar-refractivity contribution in [2.24, 2.45) is 0 Å². The number of benzene rings is 1. The molecule has 13 heavy (non-hydrogen) atoms. The minimum Gasteiger partial charge on any atom is -0.316 e. The molecule has 1 rings (SSSR count). The summed E-state index contributed by atoms with van der Waals surface area (Å²) in [6.07, 6.45) is 0. The van der Waals surface area contributed by atoms with Crippen LogP contribution in [-0.2, 0) is 12.5 Å². The summed E-state index contributed by atoms with van der Waals surface area (Å²) in [7, 11) is 1.74. The fourth-order valence-corrected chi connectivity index (χ4v) is 1.29. The number of hydrogen-bond acceptors (Lipinski definition) is 1. The highest BCUT2D eigenvalue weighted by Gasteiger charge is 2.26. The molecule has 72 valence electrons. The van der Waals surface area contributed by atoms with Crippen LogP contribution in [0.4, 0.5) is 8.78 Å². The maximum Gasteiger partial charge on any atom is 0.270 e. The highest BCUT2D eigenvalue weighted by Crippen LogP contribution is 2.29. The van der Waals surface area contributed by atoms with Crippen molar-refractivity contribution in [1.82, 2.24) is 5.32 Å². The summed E-state index contributed by atoms with van der Waals surface area (Å²) in [6, 6.07) is 6.57. The molecular formula is C10H13F2N. The summed E-state index contributed by atoms with van der Waals surface area (Å²) in [4.78, 5) is 0. The summed E-state index contributed by atoms with van der Waals surface area (Å²) in [5.74, 6) is -2.76. The van der Waals surface area contributed by atoms with E-state index in [1.807, 2.05) is 0 Å². The monoisotopic (exact) mass is 185 g/mol. The zero-order valence-corrected chi connectivity index (χ0v) is 7.77. The van der Waals surface area contributed by atoms with Gasteiger partial charge in [-0.15, -0.1) is 0 Å². The molecule has 0 spiro atoms. The molecule has 1 aromatic carbocycles. The minimum absolute atomic E-state index is 0.101. The molecule has 0 bridgehead atoms. The average molecular weight is 185 g/mol. The minimum atomic E-state index is -2.76.